The number of benzene rings is 2. The van der Waals surface area contributed by atoms with Crippen LogP contribution in [0.5, 0.6) is 11.5 Å². The Morgan fingerprint density at radius 1 is 1.21 bits per heavy atom. The van der Waals surface area contributed by atoms with E-state index in [1.165, 1.54) is 18.2 Å². The summed E-state index contributed by atoms with van der Waals surface area (Å²) in [4.78, 5) is 36.6. The number of nitro benzene ring substituents is 1. The number of nitrogens with zero attached hydrogens (tertiary/aromatic N) is 2. The first-order chi connectivity index (χ1) is 15.5. The molecule has 0 radical (unpaired) electrons. The van der Waals surface area contributed by atoms with Gasteiger partial charge in [-0.2, -0.15) is 13.2 Å². The van der Waals surface area contributed by atoms with Crippen molar-refractivity contribution in [3.05, 3.63) is 81.9 Å². The molecule has 0 aliphatic carbocycles. The molecule has 1 saturated heterocycles. The van der Waals surface area contributed by atoms with E-state index in [2.05, 4.69) is 11.9 Å². The van der Waals surface area contributed by atoms with E-state index in [-0.39, 0.29) is 34.3 Å². The Labute approximate surface area is 190 Å². The van der Waals surface area contributed by atoms with E-state index in [9.17, 15) is 32.9 Å². The third-order valence-electron chi connectivity index (χ3n) is 4.38. The molecule has 2 aromatic carbocycles. The van der Waals surface area contributed by atoms with Crippen molar-refractivity contribution < 1.29 is 32.4 Å². The summed E-state index contributed by atoms with van der Waals surface area (Å²) in [6, 6.07) is 7.37. The summed E-state index contributed by atoms with van der Waals surface area (Å²) in [5, 5.41) is 13.8. The fraction of sp³-hybridized carbons (Fsp3) is 0.0952. The average molecular weight is 477 g/mol. The monoisotopic (exact) mass is 477 g/mol. The maximum atomic E-state index is 12.9. The van der Waals surface area contributed by atoms with Crippen LogP contribution in [0.15, 0.2) is 60.7 Å². The van der Waals surface area contributed by atoms with Gasteiger partial charge in [0.15, 0.2) is 5.11 Å². The molecule has 1 N–H and O–H groups in total. The first kappa shape index (κ1) is 23.6. The van der Waals surface area contributed by atoms with Crippen molar-refractivity contribution in [2.45, 2.75) is 6.18 Å². The van der Waals surface area contributed by atoms with Gasteiger partial charge in [0.05, 0.1) is 10.5 Å². The van der Waals surface area contributed by atoms with Crippen molar-refractivity contribution in [3.8, 4) is 11.5 Å². The van der Waals surface area contributed by atoms with Gasteiger partial charge in [0, 0.05) is 12.6 Å². The van der Waals surface area contributed by atoms with Gasteiger partial charge in [-0.15, -0.1) is 6.58 Å². The number of alkyl halides is 3. The number of hydrogen-bond acceptors (Lipinski definition) is 6. The molecule has 0 aromatic heterocycles. The minimum absolute atomic E-state index is 0.0409. The number of thiocarbonyl (C=S) groups is 1. The van der Waals surface area contributed by atoms with Gasteiger partial charge in [0.25, 0.3) is 11.8 Å². The van der Waals surface area contributed by atoms with Gasteiger partial charge >= 0.3 is 11.9 Å². The first-order valence-corrected chi connectivity index (χ1v) is 9.55. The number of carbonyl (C=O) groups excluding carboxylic acids is 2. The fourth-order valence-corrected chi connectivity index (χ4v) is 3.12. The van der Waals surface area contributed by atoms with Crippen LogP contribution in [-0.4, -0.2) is 33.3 Å². The van der Waals surface area contributed by atoms with E-state index in [4.69, 9.17) is 17.0 Å². The third kappa shape index (κ3) is 5.23. The lowest BCUT2D eigenvalue weighted by molar-refractivity contribution is -0.385. The summed E-state index contributed by atoms with van der Waals surface area (Å²) in [7, 11) is 0. The molecule has 12 heteroatoms. The van der Waals surface area contributed by atoms with Gasteiger partial charge in [0.2, 0.25) is 5.75 Å². The molecule has 2 aromatic rings. The molecule has 0 bridgehead atoms. The average Bonchev–Trinajstić information content (AvgIpc) is 2.74. The van der Waals surface area contributed by atoms with Crippen molar-refractivity contribution in [1.29, 1.82) is 0 Å². The van der Waals surface area contributed by atoms with Crippen LogP contribution < -0.4 is 10.1 Å². The smallest absolute Gasteiger partial charge is 0.416 e. The van der Waals surface area contributed by atoms with Gasteiger partial charge in [-0.05, 0) is 48.1 Å². The highest BCUT2D eigenvalue weighted by Gasteiger charge is 2.33. The molecule has 1 heterocycles. The molecule has 33 heavy (non-hydrogen) atoms. The Morgan fingerprint density at radius 3 is 2.58 bits per heavy atom. The highest BCUT2D eigenvalue weighted by molar-refractivity contribution is 7.80. The van der Waals surface area contributed by atoms with E-state index < -0.39 is 34.2 Å². The number of amides is 2. The van der Waals surface area contributed by atoms with Crippen molar-refractivity contribution in [2.75, 3.05) is 6.54 Å². The number of nitro groups is 1. The van der Waals surface area contributed by atoms with Crippen LogP contribution in [0.25, 0.3) is 6.08 Å². The SMILES string of the molecule is C=CCN1C(=O)C(=Cc2ccc(Oc3cccc(C(F)(F)F)c3)c([N+](=O)[O-])c2)C(=O)NC1=S. The summed E-state index contributed by atoms with van der Waals surface area (Å²) in [6.07, 6.45) is -2.07. The highest BCUT2D eigenvalue weighted by Crippen LogP contribution is 2.36. The van der Waals surface area contributed by atoms with Crippen molar-refractivity contribution in [1.82, 2.24) is 10.2 Å². The minimum Gasteiger partial charge on any atom is -0.450 e. The second-order valence-electron chi connectivity index (χ2n) is 6.63. The molecule has 0 saturated carbocycles. The predicted octanol–water partition coefficient (Wildman–Crippen LogP) is 4.22. The minimum atomic E-state index is -4.61. The Balaban J connectivity index is 1.96. The zero-order valence-corrected chi connectivity index (χ0v) is 17.4. The molecular weight excluding hydrogens is 463 g/mol. The number of nitrogens with one attached hydrogen (secondary N) is 1. The topological polar surface area (TPSA) is 102 Å². The number of carbonyl (C=O) groups is 2. The zero-order valence-electron chi connectivity index (χ0n) is 16.6. The van der Waals surface area contributed by atoms with Gasteiger partial charge in [0.1, 0.15) is 11.3 Å². The largest absolute Gasteiger partial charge is 0.450 e. The summed E-state index contributed by atoms with van der Waals surface area (Å²) in [5.41, 5.74) is -1.76. The quantitative estimate of drug-likeness (QED) is 0.167. The summed E-state index contributed by atoms with van der Waals surface area (Å²) >= 11 is 4.95. The second-order valence-corrected chi connectivity index (χ2v) is 7.02. The maximum absolute atomic E-state index is 12.9. The van der Waals surface area contributed by atoms with E-state index in [1.54, 1.807) is 0 Å². The van der Waals surface area contributed by atoms with Crippen molar-refractivity contribution in [2.24, 2.45) is 0 Å². The van der Waals surface area contributed by atoms with E-state index in [0.717, 1.165) is 35.2 Å². The molecule has 1 fully saturated rings. The van der Waals surface area contributed by atoms with Gasteiger partial charge in [-0.25, -0.2) is 0 Å². The van der Waals surface area contributed by atoms with E-state index >= 15 is 0 Å². The van der Waals surface area contributed by atoms with Gasteiger partial charge in [-0.1, -0.05) is 18.2 Å². The van der Waals surface area contributed by atoms with Crippen LogP contribution in [0, 0.1) is 10.1 Å². The Morgan fingerprint density at radius 2 is 1.94 bits per heavy atom. The Hall–Kier alpha value is -4.06. The summed E-state index contributed by atoms with van der Waals surface area (Å²) in [6.45, 7) is 3.55. The third-order valence-corrected chi connectivity index (χ3v) is 4.70. The lowest BCUT2D eigenvalue weighted by atomic mass is 10.1. The van der Waals surface area contributed by atoms with E-state index in [0.29, 0.717) is 6.07 Å². The lowest BCUT2D eigenvalue weighted by Crippen LogP contribution is -2.53. The first-order valence-electron chi connectivity index (χ1n) is 9.14. The van der Waals surface area contributed by atoms with E-state index in [1.807, 2.05) is 0 Å². The molecule has 0 spiro atoms. The van der Waals surface area contributed by atoms with Gasteiger partial charge < -0.3 is 4.74 Å². The molecule has 3 rings (SSSR count). The number of hydrogen-bond donors (Lipinski definition) is 1. The Kier molecular flexibility index (Phi) is 6.58. The highest BCUT2D eigenvalue weighted by atomic mass is 32.1. The summed E-state index contributed by atoms with van der Waals surface area (Å²) in [5.74, 6) is -2.07. The maximum Gasteiger partial charge on any atom is 0.416 e. The summed E-state index contributed by atoms with van der Waals surface area (Å²) < 4.78 is 44.0. The fourth-order valence-electron chi connectivity index (χ4n) is 2.87. The Bertz CT molecular complexity index is 1210. The van der Waals surface area contributed by atoms with Crippen LogP contribution >= 0.6 is 12.2 Å². The predicted molar refractivity (Wildman–Crippen MR) is 115 cm³/mol. The standard InChI is InChI=1S/C21H14F3N3O5S/c1-2-8-26-19(29)15(18(28)25-20(26)33)9-12-6-7-17(16(10-12)27(30)31)32-14-5-3-4-13(11-14)21(22,23)24/h2-7,9-11H,1,8H2,(H,25,28,33). The van der Waals surface area contributed by atoms with Crippen LogP contribution in [0.2, 0.25) is 0 Å². The lowest BCUT2D eigenvalue weighted by Gasteiger charge is -2.27. The van der Waals surface area contributed by atoms with Crippen molar-refractivity contribution >= 4 is 40.9 Å². The molecule has 8 nitrogen and oxygen atoms in total. The number of rotatable bonds is 6. The van der Waals surface area contributed by atoms with Crippen LogP contribution in [-0.2, 0) is 15.8 Å². The number of halogens is 3. The normalized spacial score (nSPS) is 15.4. The molecule has 0 unspecified atom stereocenters. The van der Waals surface area contributed by atoms with Crippen molar-refractivity contribution in [3.63, 3.8) is 0 Å². The molecule has 2 amide bonds. The van der Waals surface area contributed by atoms with Crippen LogP contribution in [0.1, 0.15) is 11.1 Å². The second kappa shape index (κ2) is 9.20. The van der Waals surface area contributed by atoms with Crippen LogP contribution in [0.4, 0.5) is 18.9 Å². The molecule has 1 aliphatic heterocycles. The molecular formula is C21H14F3N3O5S. The van der Waals surface area contributed by atoms with Gasteiger partial charge in [-0.3, -0.25) is 29.9 Å². The molecule has 0 atom stereocenters. The molecule has 1 aliphatic rings. The zero-order chi connectivity index (χ0) is 24.3. The van der Waals surface area contributed by atoms with Crippen LogP contribution in [0.3, 0.4) is 0 Å². The number of ether oxygens (including phenoxy) is 1. The molecule has 170 valence electrons.